The van der Waals surface area contributed by atoms with Crippen molar-refractivity contribution in [3.05, 3.63) is 64.7 Å². The standard InChI is InChI=1S/C17H17ClN2/c18-12-7-5-11(6-8-12)16-14-9-10-19-17(14)13-3-1-2-4-15(13)20-16/h1-8,14,16-17,19-20H,9-10H2/t14?,16-,17-/m1/s1. The predicted octanol–water partition coefficient (Wildman–Crippen LogP) is 4.16. The Morgan fingerprint density at radius 3 is 2.60 bits per heavy atom. The smallest absolute Gasteiger partial charge is 0.0560 e. The van der Waals surface area contributed by atoms with E-state index in [2.05, 4.69) is 47.0 Å². The van der Waals surface area contributed by atoms with Crippen LogP contribution in [0.3, 0.4) is 0 Å². The molecule has 20 heavy (non-hydrogen) atoms. The molecule has 2 heterocycles. The average molecular weight is 285 g/mol. The lowest BCUT2D eigenvalue weighted by Crippen LogP contribution is -2.32. The van der Waals surface area contributed by atoms with Gasteiger partial charge in [-0.25, -0.2) is 0 Å². The van der Waals surface area contributed by atoms with Crippen LogP contribution in [0, 0.1) is 5.92 Å². The quantitative estimate of drug-likeness (QED) is 0.822. The van der Waals surface area contributed by atoms with Gasteiger partial charge in [-0.1, -0.05) is 41.9 Å². The molecule has 3 heteroatoms. The highest BCUT2D eigenvalue weighted by Crippen LogP contribution is 2.46. The Kier molecular flexibility index (Phi) is 2.94. The van der Waals surface area contributed by atoms with Gasteiger partial charge in [0.1, 0.15) is 0 Å². The van der Waals surface area contributed by atoms with Crippen molar-refractivity contribution in [3.8, 4) is 0 Å². The first-order valence-corrected chi connectivity index (χ1v) is 7.55. The highest BCUT2D eigenvalue weighted by atomic mass is 35.5. The number of anilines is 1. The lowest BCUT2D eigenvalue weighted by molar-refractivity contribution is 0.391. The number of hydrogen-bond acceptors (Lipinski definition) is 2. The molecule has 0 saturated carbocycles. The summed E-state index contributed by atoms with van der Waals surface area (Å²) >= 11 is 6.01. The summed E-state index contributed by atoms with van der Waals surface area (Å²) < 4.78 is 0. The lowest BCUT2D eigenvalue weighted by atomic mass is 9.80. The van der Waals surface area contributed by atoms with Crippen LogP contribution in [-0.2, 0) is 0 Å². The second-order valence-electron chi connectivity index (χ2n) is 5.65. The van der Waals surface area contributed by atoms with Crippen LogP contribution in [0.4, 0.5) is 5.69 Å². The van der Waals surface area contributed by atoms with E-state index in [0.717, 1.165) is 11.6 Å². The maximum Gasteiger partial charge on any atom is 0.0560 e. The second-order valence-corrected chi connectivity index (χ2v) is 6.08. The summed E-state index contributed by atoms with van der Waals surface area (Å²) in [6.45, 7) is 1.09. The Bertz CT molecular complexity index is 623. The van der Waals surface area contributed by atoms with Crippen molar-refractivity contribution in [2.24, 2.45) is 5.92 Å². The fraction of sp³-hybridized carbons (Fsp3) is 0.294. The number of rotatable bonds is 1. The molecule has 2 nitrogen and oxygen atoms in total. The van der Waals surface area contributed by atoms with Crippen molar-refractivity contribution in [2.75, 3.05) is 11.9 Å². The Labute approximate surface area is 124 Å². The molecule has 2 aliphatic heterocycles. The first-order valence-electron chi connectivity index (χ1n) is 7.17. The highest BCUT2D eigenvalue weighted by molar-refractivity contribution is 6.30. The molecule has 0 aliphatic carbocycles. The van der Waals surface area contributed by atoms with Gasteiger partial charge >= 0.3 is 0 Å². The fourth-order valence-electron chi connectivity index (χ4n) is 3.60. The Balaban J connectivity index is 1.76. The van der Waals surface area contributed by atoms with Crippen LogP contribution in [0.1, 0.15) is 29.6 Å². The van der Waals surface area contributed by atoms with Gasteiger partial charge in [0.25, 0.3) is 0 Å². The molecule has 0 amide bonds. The third-order valence-corrected chi connectivity index (χ3v) is 4.79. The number of fused-ring (bicyclic) bond motifs is 3. The minimum atomic E-state index is 0.363. The zero-order valence-corrected chi connectivity index (χ0v) is 11.9. The number of hydrogen-bond donors (Lipinski definition) is 2. The molecule has 2 N–H and O–H groups in total. The molecule has 3 atom stereocenters. The van der Waals surface area contributed by atoms with E-state index in [0.29, 0.717) is 18.0 Å². The maximum atomic E-state index is 6.01. The molecule has 0 spiro atoms. The number of benzene rings is 2. The van der Waals surface area contributed by atoms with Crippen LogP contribution in [-0.4, -0.2) is 6.54 Å². The fourth-order valence-corrected chi connectivity index (χ4v) is 3.72. The minimum absolute atomic E-state index is 0.363. The Morgan fingerprint density at radius 2 is 1.75 bits per heavy atom. The zero-order chi connectivity index (χ0) is 13.5. The molecule has 0 bridgehead atoms. The van der Waals surface area contributed by atoms with E-state index >= 15 is 0 Å². The average Bonchev–Trinajstić information content (AvgIpc) is 2.97. The number of halogens is 1. The summed E-state index contributed by atoms with van der Waals surface area (Å²) in [6, 6.07) is 17.7. The van der Waals surface area contributed by atoms with Gasteiger partial charge in [-0.05, 0) is 42.3 Å². The van der Waals surface area contributed by atoms with Crippen molar-refractivity contribution in [3.63, 3.8) is 0 Å². The van der Waals surface area contributed by atoms with Gasteiger partial charge in [-0.15, -0.1) is 0 Å². The van der Waals surface area contributed by atoms with Crippen molar-refractivity contribution in [1.82, 2.24) is 5.32 Å². The largest absolute Gasteiger partial charge is 0.378 e. The molecule has 2 aromatic carbocycles. The van der Waals surface area contributed by atoms with Gasteiger partial charge < -0.3 is 10.6 Å². The molecular formula is C17H17ClN2. The van der Waals surface area contributed by atoms with Crippen LogP contribution in [0.15, 0.2) is 48.5 Å². The second kappa shape index (κ2) is 4.80. The van der Waals surface area contributed by atoms with Crippen molar-refractivity contribution in [2.45, 2.75) is 18.5 Å². The number of nitrogens with one attached hydrogen (secondary N) is 2. The van der Waals surface area contributed by atoms with Gasteiger partial charge in [-0.3, -0.25) is 0 Å². The first-order chi connectivity index (χ1) is 9.83. The van der Waals surface area contributed by atoms with Crippen molar-refractivity contribution < 1.29 is 0 Å². The molecular weight excluding hydrogens is 268 g/mol. The monoisotopic (exact) mass is 284 g/mol. The van der Waals surface area contributed by atoms with Crippen LogP contribution in [0.2, 0.25) is 5.02 Å². The van der Waals surface area contributed by atoms with Crippen LogP contribution >= 0.6 is 11.6 Å². The predicted molar refractivity (Wildman–Crippen MR) is 83.1 cm³/mol. The van der Waals surface area contributed by atoms with E-state index < -0.39 is 0 Å². The highest BCUT2D eigenvalue weighted by Gasteiger charge is 2.39. The topological polar surface area (TPSA) is 24.1 Å². The molecule has 1 fully saturated rings. The van der Waals surface area contributed by atoms with Gasteiger partial charge in [0, 0.05) is 22.7 Å². The van der Waals surface area contributed by atoms with Crippen molar-refractivity contribution >= 4 is 17.3 Å². The number of para-hydroxylation sites is 1. The molecule has 2 aromatic rings. The van der Waals surface area contributed by atoms with Gasteiger partial charge in [0.2, 0.25) is 0 Å². The molecule has 1 saturated heterocycles. The molecule has 0 aromatic heterocycles. The summed E-state index contributed by atoms with van der Waals surface area (Å²) in [7, 11) is 0. The summed E-state index contributed by atoms with van der Waals surface area (Å²) in [6.07, 6.45) is 1.21. The van der Waals surface area contributed by atoms with Crippen LogP contribution in [0.5, 0.6) is 0 Å². The summed E-state index contributed by atoms with van der Waals surface area (Å²) in [5.74, 6) is 0.603. The van der Waals surface area contributed by atoms with E-state index in [1.807, 2.05) is 12.1 Å². The molecule has 4 rings (SSSR count). The Hall–Kier alpha value is -1.51. The van der Waals surface area contributed by atoms with Gasteiger partial charge in [0.05, 0.1) is 6.04 Å². The lowest BCUT2D eigenvalue weighted by Gasteiger charge is -2.37. The molecule has 0 radical (unpaired) electrons. The van der Waals surface area contributed by atoms with E-state index in [-0.39, 0.29) is 0 Å². The van der Waals surface area contributed by atoms with Crippen molar-refractivity contribution in [1.29, 1.82) is 0 Å². The summed E-state index contributed by atoms with van der Waals surface area (Å²) in [4.78, 5) is 0. The zero-order valence-electron chi connectivity index (χ0n) is 11.1. The third kappa shape index (κ3) is 1.91. The SMILES string of the molecule is Clc1ccc([C@H]2Nc3ccccc3[C@H]3NCCC23)cc1. The molecule has 1 unspecified atom stereocenters. The third-order valence-electron chi connectivity index (χ3n) is 4.53. The minimum Gasteiger partial charge on any atom is -0.378 e. The van der Waals surface area contributed by atoms with Gasteiger partial charge in [-0.2, -0.15) is 0 Å². The molecule has 102 valence electrons. The Morgan fingerprint density at radius 1 is 0.950 bits per heavy atom. The van der Waals surface area contributed by atoms with E-state index in [4.69, 9.17) is 11.6 Å². The first kappa shape index (κ1) is 12.2. The normalized spacial score (nSPS) is 27.6. The molecule has 2 aliphatic rings. The summed E-state index contributed by atoms with van der Waals surface area (Å²) in [5, 5.41) is 8.18. The van der Waals surface area contributed by atoms with E-state index in [1.165, 1.54) is 23.2 Å². The summed E-state index contributed by atoms with van der Waals surface area (Å²) in [5.41, 5.74) is 3.98. The van der Waals surface area contributed by atoms with Crippen LogP contribution in [0.25, 0.3) is 0 Å². The van der Waals surface area contributed by atoms with E-state index in [1.54, 1.807) is 0 Å². The maximum absolute atomic E-state index is 6.01. The van der Waals surface area contributed by atoms with Crippen LogP contribution < -0.4 is 10.6 Å². The van der Waals surface area contributed by atoms with E-state index in [9.17, 15) is 0 Å². The van der Waals surface area contributed by atoms with Gasteiger partial charge in [0.15, 0.2) is 0 Å².